The molecule has 1 atom stereocenters. The first-order valence-corrected chi connectivity index (χ1v) is 15.9. The van der Waals surface area contributed by atoms with Crippen LogP contribution in [0.15, 0.2) is 72.8 Å². The van der Waals surface area contributed by atoms with E-state index in [9.17, 15) is 9.59 Å². The molecule has 0 unspecified atom stereocenters. The Morgan fingerprint density at radius 2 is 1.61 bits per heavy atom. The molecule has 3 aromatic carbocycles. The molecule has 0 spiro atoms. The fourth-order valence-corrected chi connectivity index (χ4v) is 6.40. The predicted octanol–water partition coefficient (Wildman–Crippen LogP) is 7.85. The number of rotatable bonds is 13. The lowest BCUT2D eigenvalue weighted by molar-refractivity contribution is -0.119. The van der Waals surface area contributed by atoms with Gasteiger partial charge in [0.05, 0.1) is 22.8 Å². The van der Waals surface area contributed by atoms with E-state index in [4.69, 9.17) is 38.7 Å². The maximum atomic E-state index is 12.2. The fourth-order valence-electron chi connectivity index (χ4n) is 5.74. The zero-order valence-corrected chi connectivity index (χ0v) is 26.4. The second-order valence-electron chi connectivity index (χ2n) is 11.2. The number of benzene rings is 3. The SMILES string of the molecule is COc1nc(-c2cccc(-c3cccc(-c4ccc(CC(=O)CCCN)cc4)c3Cl)c2Cl)ccc1CCC[C@@H]1CCC(=O)N1. The summed E-state index contributed by atoms with van der Waals surface area (Å²) in [7, 11) is 1.63. The maximum absolute atomic E-state index is 12.2. The summed E-state index contributed by atoms with van der Waals surface area (Å²) in [5.41, 5.74) is 12.5. The number of pyridine rings is 1. The third kappa shape index (κ3) is 7.49. The third-order valence-corrected chi connectivity index (χ3v) is 8.92. The van der Waals surface area contributed by atoms with Crippen molar-refractivity contribution >= 4 is 34.9 Å². The van der Waals surface area contributed by atoms with E-state index in [1.807, 2.05) is 72.8 Å². The van der Waals surface area contributed by atoms with Crippen molar-refractivity contribution in [3.8, 4) is 39.4 Å². The van der Waals surface area contributed by atoms with Gasteiger partial charge in [0.25, 0.3) is 0 Å². The van der Waals surface area contributed by atoms with Gasteiger partial charge in [-0.1, -0.05) is 89.9 Å². The van der Waals surface area contributed by atoms with Gasteiger partial charge >= 0.3 is 0 Å². The second-order valence-corrected chi connectivity index (χ2v) is 12.0. The van der Waals surface area contributed by atoms with Crippen LogP contribution in [0.3, 0.4) is 0 Å². The van der Waals surface area contributed by atoms with Crippen LogP contribution >= 0.6 is 23.2 Å². The highest BCUT2D eigenvalue weighted by Gasteiger charge is 2.21. The zero-order chi connectivity index (χ0) is 31.1. The second kappa shape index (κ2) is 14.8. The van der Waals surface area contributed by atoms with Crippen LogP contribution in [-0.4, -0.2) is 36.4 Å². The topological polar surface area (TPSA) is 94.3 Å². The molecule has 2 heterocycles. The number of ketones is 1. The van der Waals surface area contributed by atoms with Crippen molar-refractivity contribution in [2.24, 2.45) is 5.73 Å². The van der Waals surface area contributed by atoms with Crippen LogP contribution in [-0.2, 0) is 22.4 Å². The van der Waals surface area contributed by atoms with E-state index >= 15 is 0 Å². The van der Waals surface area contributed by atoms with Crippen molar-refractivity contribution in [3.05, 3.63) is 94.0 Å². The number of carbonyl (C=O) groups excluding carboxylic acids is 2. The summed E-state index contributed by atoms with van der Waals surface area (Å²) in [5, 5.41) is 4.18. The number of amides is 1. The highest BCUT2D eigenvalue weighted by molar-refractivity contribution is 6.39. The fraction of sp³-hybridized carbons (Fsp3) is 0.306. The molecule has 6 nitrogen and oxygen atoms in total. The Morgan fingerprint density at radius 1 is 0.932 bits per heavy atom. The number of nitrogens with zero attached hydrogens (tertiary/aromatic N) is 1. The van der Waals surface area contributed by atoms with Gasteiger partial charge in [0.1, 0.15) is 5.78 Å². The van der Waals surface area contributed by atoms with Crippen LogP contribution in [0.5, 0.6) is 5.88 Å². The number of methoxy groups -OCH3 is 1. The summed E-state index contributed by atoms with van der Waals surface area (Å²) in [6, 6.07) is 24.0. The predicted molar refractivity (Wildman–Crippen MR) is 178 cm³/mol. The number of nitrogens with two attached hydrogens (primary N) is 1. The molecule has 1 aliphatic rings. The van der Waals surface area contributed by atoms with Crippen molar-refractivity contribution in [1.82, 2.24) is 10.3 Å². The Labute approximate surface area is 268 Å². The van der Waals surface area contributed by atoms with Crippen molar-refractivity contribution in [3.63, 3.8) is 0 Å². The van der Waals surface area contributed by atoms with E-state index in [1.165, 1.54) is 0 Å². The molecule has 3 N–H and O–H groups in total. The number of carbonyl (C=O) groups is 2. The van der Waals surface area contributed by atoms with Crippen LogP contribution in [0.4, 0.5) is 0 Å². The number of aromatic nitrogens is 1. The Balaban J connectivity index is 1.36. The summed E-state index contributed by atoms with van der Waals surface area (Å²) in [4.78, 5) is 28.5. The van der Waals surface area contributed by atoms with Crippen molar-refractivity contribution in [2.45, 2.75) is 57.4 Å². The molecular weight excluding hydrogens is 593 g/mol. The number of Topliss-reactive ketones (excluding diaryl/α,β-unsaturated/α-hetero) is 1. The van der Waals surface area contributed by atoms with E-state index in [0.717, 1.165) is 64.6 Å². The molecule has 0 radical (unpaired) electrons. The highest BCUT2D eigenvalue weighted by atomic mass is 35.5. The van der Waals surface area contributed by atoms with Crippen molar-refractivity contribution in [1.29, 1.82) is 0 Å². The Kier molecular flexibility index (Phi) is 10.7. The molecule has 228 valence electrons. The Hall–Kier alpha value is -3.71. The Bertz CT molecular complexity index is 1640. The molecular formula is C36H37Cl2N3O3. The van der Waals surface area contributed by atoms with Crippen LogP contribution < -0.4 is 15.8 Å². The molecule has 4 aromatic rings. The van der Waals surface area contributed by atoms with E-state index in [0.29, 0.717) is 53.8 Å². The van der Waals surface area contributed by atoms with Crippen molar-refractivity contribution < 1.29 is 14.3 Å². The lowest BCUT2D eigenvalue weighted by atomic mass is 9.95. The van der Waals surface area contributed by atoms with Gasteiger partial charge in [0, 0.05) is 53.1 Å². The van der Waals surface area contributed by atoms with Crippen LogP contribution in [0.25, 0.3) is 33.5 Å². The summed E-state index contributed by atoms with van der Waals surface area (Å²) in [6.45, 7) is 0.521. The standard InChI is InChI=1S/C36H37Cl2N3O3/c1-44-36-25(6-2-7-26-18-20-33(43)40-26)17-19-32(41-36)31-12-4-11-30(35(31)38)29-10-3-9-28(34(29)37)24-15-13-23(14-16-24)22-27(42)8-5-21-39/h3-4,9-17,19,26H,2,5-8,18,20-22,39H2,1H3,(H,40,43)/t26-/m1/s1. The van der Waals surface area contributed by atoms with Gasteiger partial charge in [0.2, 0.25) is 11.8 Å². The summed E-state index contributed by atoms with van der Waals surface area (Å²) in [5.74, 6) is 0.905. The van der Waals surface area contributed by atoms with Crippen molar-refractivity contribution in [2.75, 3.05) is 13.7 Å². The van der Waals surface area contributed by atoms with E-state index in [-0.39, 0.29) is 17.7 Å². The summed E-state index contributed by atoms with van der Waals surface area (Å²) >= 11 is 14.1. The van der Waals surface area contributed by atoms with Crippen LogP contribution in [0, 0.1) is 0 Å². The first kappa shape index (κ1) is 31.7. The van der Waals surface area contributed by atoms with Gasteiger partial charge in [-0.2, -0.15) is 0 Å². The van der Waals surface area contributed by atoms with Crippen LogP contribution in [0.1, 0.15) is 49.7 Å². The third-order valence-electron chi connectivity index (χ3n) is 8.11. The molecule has 0 aliphatic carbocycles. The minimum absolute atomic E-state index is 0.142. The van der Waals surface area contributed by atoms with Gasteiger partial charge in [-0.25, -0.2) is 4.98 Å². The van der Waals surface area contributed by atoms with Gasteiger partial charge in [0.15, 0.2) is 0 Å². The molecule has 1 amide bonds. The molecule has 1 saturated heterocycles. The molecule has 1 aliphatic heterocycles. The van der Waals surface area contributed by atoms with Gasteiger partial charge < -0.3 is 15.8 Å². The van der Waals surface area contributed by atoms with Gasteiger partial charge in [-0.15, -0.1) is 0 Å². The summed E-state index contributed by atoms with van der Waals surface area (Å²) in [6.07, 6.45) is 5.81. The largest absolute Gasteiger partial charge is 0.481 e. The number of hydrogen-bond donors (Lipinski definition) is 2. The molecule has 44 heavy (non-hydrogen) atoms. The van der Waals surface area contributed by atoms with Gasteiger partial charge in [-0.05, 0) is 55.8 Å². The normalized spacial score (nSPS) is 14.5. The number of aryl methyl sites for hydroxylation is 1. The number of hydrogen-bond acceptors (Lipinski definition) is 5. The smallest absolute Gasteiger partial charge is 0.220 e. The molecule has 1 fully saturated rings. The van der Waals surface area contributed by atoms with Crippen LogP contribution in [0.2, 0.25) is 10.0 Å². The zero-order valence-electron chi connectivity index (χ0n) is 24.9. The highest BCUT2D eigenvalue weighted by Crippen LogP contribution is 2.42. The summed E-state index contributed by atoms with van der Waals surface area (Å²) < 4.78 is 5.66. The van der Waals surface area contributed by atoms with E-state index < -0.39 is 0 Å². The van der Waals surface area contributed by atoms with Gasteiger partial charge in [-0.3, -0.25) is 9.59 Å². The average molecular weight is 631 g/mol. The van der Waals surface area contributed by atoms with E-state index in [1.54, 1.807) is 7.11 Å². The maximum Gasteiger partial charge on any atom is 0.220 e. The number of nitrogens with one attached hydrogen (secondary N) is 1. The number of ether oxygens (including phenoxy) is 1. The molecule has 5 rings (SSSR count). The Morgan fingerprint density at radius 3 is 2.27 bits per heavy atom. The lowest BCUT2D eigenvalue weighted by Crippen LogP contribution is -2.25. The van der Waals surface area contributed by atoms with E-state index in [2.05, 4.69) is 5.32 Å². The quantitative estimate of drug-likeness (QED) is 0.157. The monoisotopic (exact) mass is 629 g/mol. The molecule has 0 saturated carbocycles. The molecule has 1 aromatic heterocycles. The minimum atomic E-state index is 0.142. The first-order chi connectivity index (χ1) is 21.4. The molecule has 0 bridgehead atoms. The minimum Gasteiger partial charge on any atom is -0.481 e. The molecule has 8 heteroatoms. The number of halogens is 2. The lowest BCUT2D eigenvalue weighted by Gasteiger charge is -2.15. The first-order valence-electron chi connectivity index (χ1n) is 15.1. The average Bonchev–Trinajstić information content (AvgIpc) is 3.45.